The van der Waals surface area contributed by atoms with Crippen LogP contribution >= 0.6 is 0 Å². The molecule has 0 aliphatic carbocycles. The second-order valence-corrected chi connectivity index (χ2v) is 4.51. The molecule has 1 aromatic heterocycles. The van der Waals surface area contributed by atoms with Crippen LogP contribution in [0.2, 0.25) is 0 Å². The molecular weight excluding hydrogens is 214 g/mol. The molecule has 1 saturated heterocycles. The van der Waals surface area contributed by atoms with E-state index in [4.69, 9.17) is 5.73 Å². The van der Waals surface area contributed by atoms with E-state index in [-0.39, 0.29) is 11.7 Å². The fraction of sp³-hybridized carbons (Fsp3) is 0.538. The summed E-state index contributed by atoms with van der Waals surface area (Å²) in [5.41, 5.74) is 6.27. The van der Waals surface area contributed by atoms with Gasteiger partial charge in [0.1, 0.15) is 0 Å². The number of pyridine rings is 1. The number of piperidine rings is 1. The van der Waals surface area contributed by atoms with Gasteiger partial charge in [0.2, 0.25) is 0 Å². The van der Waals surface area contributed by atoms with Gasteiger partial charge in [-0.2, -0.15) is 0 Å². The standard InChI is InChI=1S/C13H19N3O/c14-5-9-16-7-3-11(4-8-16)13(17)12-2-1-6-15-10-12/h1-2,6,10-11H,3-5,7-9,14H2. The van der Waals surface area contributed by atoms with E-state index in [0.29, 0.717) is 6.54 Å². The molecule has 0 atom stereocenters. The normalized spacial score (nSPS) is 18.2. The van der Waals surface area contributed by atoms with Crippen molar-refractivity contribution >= 4 is 5.78 Å². The van der Waals surface area contributed by atoms with Gasteiger partial charge in [-0.25, -0.2) is 0 Å². The molecule has 0 spiro atoms. The van der Waals surface area contributed by atoms with Gasteiger partial charge >= 0.3 is 0 Å². The fourth-order valence-corrected chi connectivity index (χ4v) is 2.35. The summed E-state index contributed by atoms with van der Waals surface area (Å²) in [5, 5.41) is 0. The van der Waals surface area contributed by atoms with E-state index in [1.807, 2.05) is 12.1 Å². The summed E-state index contributed by atoms with van der Waals surface area (Å²) in [6.07, 6.45) is 5.23. The van der Waals surface area contributed by atoms with Gasteiger partial charge in [0, 0.05) is 37.0 Å². The Morgan fingerprint density at radius 3 is 2.82 bits per heavy atom. The Balaban J connectivity index is 1.91. The zero-order valence-electron chi connectivity index (χ0n) is 10.0. The number of rotatable bonds is 4. The maximum atomic E-state index is 12.2. The third-order valence-corrected chi connectivity index (χ3v) is 3.35. The molecule has 2 rings (SSSR count). The van der Waals surface area contributed by atoms with Crippen LogP contribution in [0.4, 0.5) is 0 Å². The zero-order valence-corrected chi connectivity index (χ0v) is 10.0. The molecule has 2 N–H and O–H groups in total. The number of likely N-dealkylation sites (tertiary alicyclic amines) is 1. The lowest BCUT2D eigenvalue weighted by Crippen LogP contribution is -2.39. The molecule has 17 heavy (non-hydrogen) atoms. The Morgan fingerprint density at radius 2 is 2.24 bits per heavy atom. The molecule has 1 aliphatic heterocycles. The molecule has 1 fully saturated rings. The number of hydrogen-bond donors (Lipinski definition) is 1. The highest BCUT2D eigenvalue weighted by molar-refractivity contribution is 5.97. The molecule has 0 unspecified atom stereocenters. The summed E-state index contributed by atoms with van der Waals surface area (Å²) in [6, 6.07) is 3.67. The highest BCUT2D eigenvalue weighted by Gasteiger charge is 2.25. The van der Waals surface area contributed by atoms with Gasteiger partial charge in [0.15, 0.2) is 5.78 Å². The quantitative estimate of drug-likeness (QED) is 0.786. The zero-order chi connectivity index (χ0) is 12.1. The number of hydrogen-bond acceptors (Lipinski definition) is 4. The number of Topliss-reactive ketones (excluding diaryl/α,β-unsaturated/α-hetero) is 1. The summed E-state index contributed by atoms with van der Waals surface area (Å²) >= 11 is 0. The first kappa shape index (κ1) is 12.2. The Bertz CT molecular complexity index is 358. The number of nitrogens with two attached hydrogens (primary N) is 1. The predicted octanol–water partition coefficient (Wildman–Crippen LogP) is 0.935. The molecule has 0 radical (unpaired) electrons. The number of carbonyl (C=O) groups excluding carboxylic acids is 1. The molecule has 92 valence electrons. The second-order valence-electron chi connectivity index (χ2n) is 4.51. The van der Waals surface area contributed by atoms with Crippen molar-refractivity contribution in [3.8, 4) is 0 Å². The van der Waals surface area contributed by atoms with Crippen molar-refractivity contribution in [2.45, 2.75) is 12.8 Å². The smallest absolute Gasteiger partial charge is 0.167 e. The van der Waals surface area contributed by atoms with E-state index < -0.39 is 0 Å². The molecule has 1 aromatic rings. The number of ketones is 1. The van der Waals surface area contributed by atoms with E-state index in [0.717, 1.165) is 38.0 Å². The molecule has 0 aromatic carbocycles. The molecule has 0 bridgehead atoms. The van der Waals surface area contributed by atoms with Crippen molar-refractivity contribution in [2.75, 3.05) is 26.2 Å². The third kappa shape index (κ3) is 3.11. The van der Waals surface area contributed by atoms with Crippen molar-refractivity contribution < 1.29 is 4.79 Å². The summed E-state index contributed by atoms with van der Waals surface area (Å²) in [6.45, 7) is 3.59. The minimum Gasteiger partial charge on any atom is -0.329 e. The lowest BCUT2D eigenvalue weighted by molar-refractivity contribution is 0.0842. The minimum absolute atomic E-state index is 0.160. The second kappa shape index (κ2) is 5.89. The highest BCUT2D eigenvalue weighted by Crippen LogP contribution is 2.21. The van der Waals surface area contributed by atoms with Crippen LogP contribution in [0.3, 0.4) is 0 Å². The monoisotopic (exact) mass is 233 g/mol. The van der Waals surface area contributed by atoms with Gasteiger partial charge in [-0.3, -0.25) is 9.78 Å². The van der Waals surface area contributed by atoms with Crippen molar-refractivity contribution in [3.05, 3.63) is 30.1 Å². The highest BCUT2D eigenvalue weighted by atomic mass is 16.1. The fourth-order valence-electron chi connectivity index (χ4n) is 2.35. The van der Waals surface area contributed by atoms with Gasteiger partial charge in [0.05, 0.1) is 0 Å². The van der Waals surface area contributed by atoms with Crippen LogP contribution in [0.25, 0.3) is 0 Å². The van der Waals surface area contributed by atoms with Gasteiger partial charge in [-0.15, -0.1) is 0 Å². The molecule has 4 nitrogen and oxygen atoms in total. The molecule has 0 saturated carbocycles. The first-order valence-corrected chi connectivity index (χ1v) is 6.18. The third-order valence-electron chi connectivity index (χ3n) is 3.35. The largest absolute Gasteiger partial charge is 0.329 e. The van der Waals surface area contributed by atoms with Crippen LogP contribution in [-0.4, -0.2) is 41.8 Å². The van der Waals surface area contributed by atoms with Crippen molar-refractivity contribution in [1.82, 2.24) is 9.88 Å². The van der Waals surface area contributed by atoms with Crippen molar-refractivity contribution in [2.24, 2.45) is 11.7 Å². The lowest BCUT2D eigenvalue weighted by atomic mass is 9.89. The topological polar surface area (TPSA) is 59.2 Å². The van der Waals surface area contributed by atoms with Gasteiger partial charge in [-0.05, 0) is 38.1 Å². The van der Waals surface area contributed by atoms with Crippen LogP contribution < -0.4 is 5.73 Å². The Morgan fingerprint density at radius 1 is 1.47 bits per heavy atom. The van der Waals surface area contributed by atoms with Crippen LogP contribution in [0.15, 0.2) is 24.5 Å². The predicted molar refractivity (Wildman–Crippen MR) is 66.8 cm³/mol. The van der Waals surface area contributed by atoms with Crippen LogP contribution in [0, 0.1) is 5.92 Å². The van der Waals surface area contributed by atoms with Gasteiger partial charge < -0.3 is 10.6 Å². The van der Waals surface area contributed by atoms with E-state index in [9.17, 15) is 4.79 Å². The molecular formula is C13H19N3O. The summed E-state index contributed by atoms with van der Waals surface area (Å²) in [7, 11) is 0. The Labute approximate surface area is 102 Å². The average Bonchev–Trinajstić information content (AvgIpc) is 2.40. The van der Waals surface area contributed by atoms with Crippen molar-refractivity contribution in [3.63, 3.8) is 0 Å². The number of carbonyl (C=O) groups is 1. The summed E-state index contributed by atoms with van der Waals surface area (Å²) in [4.78, 5) is 18.5. The summed E-state index contributed by atoms with van der Waals surface area (Å²) < 4.78 is 0. The molecule has 1 aliphatic rings. The van der Waals surface area contributed by atoms with Crippen LogP contribution in [-0.2, 0) is 0 Å². The maximum absolute atomic E-state index is 12.2. The van der Waals surface area contributed by atoms with E-state index in [1.165, 1.54) is 0 Å². The minimum atomic E-state index is 0.160. The number of nitrogens with zero attached hydrogens (tertiary/aromatic N) is 2. The van der Waals surface area contributed by atoms with E-state index in [1.54, 1.807) is 12.4 Å². The van der Waals surface area contributed by atoms with E-state index >= 15 is 0 Å². The summed E-state index contributed by atoms with van der Waals surface area (Å²) in [5.74, 6) is 0.402. The van der Waals surface area contributed by atoms with Gasteiger partial charge in [-0.1, -0.05) is 0 Å². The van der Waals surface area contributed by atoms with Crippen LogP contribution in [0.5, 0.6) is 0 Å². The van der Waals surface area contributed by atoms with E-state index in [2.05, 4.69) is 9.88 Å². The molecule has 4 heteroatoms. The van der Waals surface area contributed by atoms with Gasteiger partial charge in [0.25, 0.3) is 0 Å². The average molecular weight is 233 g/mol. The first-order chi connectivity index (χ1) is 8.31. The SMILES string of the molecule is NCCN1CCC(C(=O)c2cccnc2)CC1. The lowest BCUT2D eigenvalue weighted by Gasteiger charge is -2.30. The first-order valence-electron chi connectivity index (χ1n) is 6.18. The van der Waals surface area contributed by atoms with Crippen molar-refractivity contribution in [1.29, 1.82) is 0 Å². The van der Waals surface area contributed by atoms with Crippen LogP contribution in [0.1, 0.15) is 23.2 Å². The Hall–Kier alpha value is -1.26. The Kier molecular flexibility index (Phi) is 4.23. The number of aromatic nitrogens is 1. The molecule has 0 amide bonds. The maximum Gasteiger partial charge on any atom is 0.167 e. The molecule has 2 heterocycles.